The molecule has 0 atom stereocenters. The second kappa shape index (κ2) is 12.2. The van der Waals surface area contributed by atoms with E-state index in [1.807, 2.05) is 48.5 Å². The van der Waals surface area contributed by atoms with Crippen LogP contribution in [0.4, 0.5) is 0 Å². The Morgan fingerprint density at radius 1 is 0.972 bits per heavy atom. The lowest BCUT2D eigenvalue weighted by Crippen LogP contribution is -2.02. The van der Waals surface area contributed by atoms with E-state index in [4.69, 9.17) is 35.9 Å². The minimum atomic E-state index is -0.900. The number of rotatable bonds is 11. The van der Waals surface area contributed by atoms with Gasteiger partial charge in [0, 0.05) is 11.3 Å². The molecule has 0 radical (unpaired) electrons. The summed E-state index contributed by atoms with van der Waals surface area (Å²) in [4.78, 5) is 16.9. The molecule has 0 amide bonds. The van der Waals surface area contributed by atoms with Gasteiger partial charge in [0.05, 0.1) is 42.8 Å². The van der Waals surface area contributed by atoms with Crippen LogP contribution in [0, 0.1) is 0 Å². The molecule has 186 valence electrons. The summed E-state index contributed by atoms with van der Waals surface area (Å²) in [6.45, 7) is 0.429. The maximum absolute atomic E-state index is 10.9. The number of aliphatic carboxylic acids is 1. The monoisotopic (exact) mass is 541 g/mol. The van der Waals surface area contributed by atoms with Gasteiger partial charge in [0.1, 0.15) is 17.2 Å². The van der Waals surface area contributed by atoms with E-state index in [-0.39, 0.29) is 6.42 Å². The summed E-state index contributed by atoms with van der Waals surface area (Å²) in [6.07, 6.45) is -0.0764. The first-order chi connectivity index (χ1) is 17.5. The third kappa shape index (κ3) is 6.51. The molecule has 0 unspecified atom stereocenters. The number of methoxy groups -OCH3 is 2. The Morgan fingerprint density at radius 2 is 1.61 bits per heavy atom. The van der Waals surface area contributed by atoms with Gasteiger partial charge in [0.25, 0.3) is 0 Å². The number of thiazole rings is 1. The van der Waals surface area contributed by atoms with E-state index >= 15 is 0 Å². The van der Waals surface area contributed by atoms with Crippen molar-refractivity contribution in [2.45, 2.75) is 10.8 Å². The number of benzene rings is 3. The molecule has 9 heteroatoms. The average molecular weight is 542 g/mol. The lowest BCUT2D eigenvalue weighted by Gasteiger charge is -2.08. The number of thioether (sulfide) groups is 1. The third-order valence-corrected chi connectivity index (χ3v) is 7.75. The van der Waals surface area contributed by atoms with Crippen molar-refractivity contribution in [3.05, 3.63) is 77.3 Å². The fraction of sp³-hybridized carbons (Fsp3) is 0.185. The van der Waals surface area contributed by atoms with Gasteiger partial charge in [0.15, 0.2) is 4.34 Å². The van der Waals surface area contributed by atoms with Crippen molar-refractivity contribution < 1.29 is 24.1 Å². The number of ether oxygens (including phenoxy) is 3. The number of hydrogen-bond donors (Lipinski definition) is 1. The van der Waals surface area contributed by atoms with Crippen LogP contribution in [0.25, 0.3) is 21.7 Å². The van der Waals surface area contributed by atoms with Crippen LogP contribution in [-0.4, -0.2) is 42.6 Å². The fourth-order valence-electron chi connectivity index (χ4n) is 3.47. The first kappa shape index (κ1) is 25.9. The predicted octanol–water partition coefficient (Wildman–Crippen LogP) is 6.95. The largest absolute Gasteiger partial charge is 0.497 e. The molecule has 36 heavy (non-hydrogen) atoms. The van der Waals surface area contributed by atoms with E-state index in [0.717, 1.165) is 37.5 Å². The van der Waals surface area contributed by atoms with Crippen molar-refractivity contribution in [2.75, 3.05) is 26.6 Å². The quantitative estimate of drug-likeness (QED) is 0.163. The SMILES string of the molecule is COc1ccc(-c2nc(SCCOc3ccc(CC(=O)O)cc3Cl)sc2-c2ccc(OC)cc2)cc1. The molecule has 0 bridgehead atoms. The van der Waals surface area contributed by atoms with Crippen molar-refractivity contribution >= 4 is 40.7 Å². The lowest BCUT2D eigenvalue weighted by atomic mass is 10.1. The molecular formula is C27H24ClNO5S2. The molecule has 0 aliphatic heterocycles. The van der Waals surface area contributed by atoms with Crippen LogP contribution in [0.5, 0.6) is 17.2 Å². The van der Waals surface area contributed by atoms with E-state index in [1.54, 1.807) is 55.5 Å². The smallest absolute Gasteiger partial charge is 0.307 e. The number of halogens is 1. The molecule has 0 spiro atoms. The summed E-state index contributed by atoms with van der Waals surface area (Å²) in [5.41, 5.74) is 3.62. The maximum atomic E-state index is 10.9. The van der Waals surface area contributed by atoms with Crippen LogP contribution >= 0.6 is 34.7 Å². The summed E-state index contributed by atoms with van der Waals surface area (Å²) >= 11 is 9.50. The van der Waals surface area contributed by atoms with Gasteiger partial charge >= 0.3 is 5.97 Å². The Bertz CT molecular complexity index is 1260. The van der Waals surface area contributed by atoms with Crippen molar-refractivity contribution in [3.63, 3.8) is 0 Å². The molecule has 0 aliphatic carbocycles. The third-order valence-electron chi connectivity index (χ3n) is 5.24. The molecule has 3 aromatic carbocycles. The van der Waals surface area contributed by atoms with Gasteiger partial charge in [-0.1, -0.05) is 29.4 Å². The summed E-state index contributed by atoms with van der Waals surface area (Å²) in [5, 5.41) is 9.33. The first-order valence-corrected chi connectivity index (χ1v) is 13.2. The summed E-state index contributed by atoms with van der Waals surface area (Å²) in [7, 11) is 3.30. The summed E-state index contributed by atoms with van der Waals surface area (Å²) < 4.78 is 17.4. The van der Waals surface area contributed by atoms with Crippen LogP contribution < -0.4 is 14.2 Å². The standard InChI is InChI=1S/C27H24ClNO5S2/c1-32-20-8-4-18(5-9-20)25-26(19-6-10-21(33-2)11-7-19)36-27(29-25)35-14-13-34-23-12-3-17(15-22(23)28)16-24(30)31/h3-12,15H,13-14,16H2,1-2H3,(H,30,31). The lowest BCUT2D eigenvalue weighted by molar-refractivity contribution is -0.136. The molecule has 6 nitrogen and oxygen atoms in total. The van der Waals surface area contributed by atoms with Gasteiger partial charge in [0.2, 0.25) is 0 Å². The molecule has 0 saturated carbocycles. The number of aromatic nitrogens is 1. The minimum Gasteiger partial charge on any atom is -0.497 e. The number of carboxylic acid groups (broad SMARTS) is 1. The van der Waals surface area contributed by atoms with Crippen molar-refractivity contribution in [2.24, 2.45) is 0 Å². The molecule has 1 heterocycles. The molecule has 0 fully saturated rings. The number of carboxylic acids is 1. The zero-order chi connectivity index (χ0) is 25.5. The van der Waals surface area contributed by atoms with Crippen molar-refractivity contribution in [1.29, 1.82) is 0 Å². The molecule has 4 rings (SSSR count). The Labute approximate surface area is 222 Å². The van der Waals surface area contributed by atoms with Crippen LogP contribution in [-0.2, 0) is 11.2 Å². The topological polar surface area (TPSA) is 77.9 Å². The molecule has 4 aromatic rings. The number of carbonyl (C=O) groups is 1. The van der Waals surface area contributed by atoms with Gasteiger partial charge < -0.3 is 19.3 Å². The van der Waals surface area contributed by atoms with Gasteiger partial charge in [-0.05, 0) is 71.8 Å². The molecule has 0 saturated heterocycles. The van der Waals surface area contributed by atoms with E-state index in [0.29, 0.717) is 28.7 Å². The van der Waals surface area contributed by atoms with Gasteiger partial charge in [-0.3, -0.25) is 4.79 Å². The highest BCUT2D eigenvalue weighted by Gasteiger charge is 2.16. The molecule has 1 N–H and O–H groups in total. The second-order valence-corrected chi connectivity index (χ2v) is 10.4. The zero-order valence-corrected chi connectivity index (χ0v) is 22.1. The highest BCUT2D eigenvalue weighted by molar-refractivity contribution is 8.01. The summed E-state index contributed by atoms with van der Waals surface area (Å²) in [5.74, 6) is 1.90. The van der Waals surface area contributed by atoms with E-state index in [9.17, 15) is 4.79 Å². The Balaban J connectivity index is 1.48. The zero-order valence-electron chi connectivity index (χ0n) is 19.7. The van der Waals surface area contributed by atoms with E-state index < -0.39 is 5.97 Å². The van der Waals surface area contributed by atoms with Gasteiger partial charge in [-0.25, -0.2) is 4.98 Å². The Kier molecular flexibility index (Phi) is 8.74. The normalized spacial score (nSPS) is 10.8. The molecular weight excluding hydrogens is 518 g/mol. The van der Waals surface area contributed by atoms with Crippen LogP contribution in [0.3, 0.4) is 0 Å². The second-order valence-electron chi connectivity index (χ2n) is 7.65. The fourth-order valence-corrected chi connectivity index (χ4v) is 5.79. The van der Waals surface area contributed by atoms with Crippen molar-refractivity contribution in [3.8, 4) is 38.9 Å². The molecule has 1 aromatic heterocycles. The highest BCUT2D eigenvalue weighted by atomic mass is 35.5. The predicted molar refractivity (Wildman–Crippen MR) is 145 cm³/mol. The Morgan fingerprint density at radius 3 is 2.19 bits per heavy atom. The first-order valence-electron chi connectivity index (χ1n) is 11.0. The van der Waals surface area contributed by atoms with Crippen molar-refractivity contribution in [1.82, 2.24) is 4.98 Å². The maximum Gasteiger partial charge on any atom is 0.307 e. The number of nitrogens with zero attached hydrogens (tertiary/aromatic N) is 1. The van der Waals surface area contributed by atoms with Gasteiger partial charge in [-0.15, -0.1) is 11.3 Å². The van der Waals surface area contributed by atoms with Crippen LogP contribution in [0.15, 0.2) is 71.1 Å². The summed E-state index contributed by atoms with van der Waals surface area (Å²) in [6, 6.07) is 20.9. The van der Waals surface area contributed by atoms with Crippen LogP contribution in [0.1, 0.15) is 5.56 Å². The Hall–Kier alpha value is -3.20. The van der Waals surface area contributed by atoms with Crippen LogP contribution in [0.2, 0.25) is 5.02 Å². The van der Waals surface area contributed by atoms with E-state index in [1.165, 1.54) is 0 Å². The highest BCUT2D eigenvalue weighted by Crippen LogP contribution is 2.41. The number of hydrogen-bond acceptors (Lipinski definition) is 7. The molecule has 0 aliphatic rings. The van der Waals surface area contributed by atoms with Gasteiger partial charge in [-0.2, -0.15) is 0 Å². The minimum absolute atomic E-state index is 0.0764. The van der Waals surface area contributed by atoms with E-state index in [2.05, 4.69) is 0 Å². The average Bonchev–Trinajstić information content (AvgIpc) is 3.31.